The van der Waals surface area contributed by atoms with Crippen molar-refractivity contribution >= 4 is 5.91 Å². The lowest BCUT2D eigenvalue weighted by Crippen LogP contribution is -2.31. The third kappa shape index (κ3) is 4.10. The van der Waals surface area contributed by atoms with Crippen molar-refractivity contribution in [1.29, 1.82) is 5.26 Å². The smallest absolute Gasteiger partial charge is 0.237 e. The minimum Gasteiger partial charge on any atom is -0.497 e. The molecule has 0 radical (unpaired) electrons. The van der Waals surface area contributed by atoms with Crippen LogP contribution in [-0.2, 0) is 11.2 Å². The molecule has 1 aromatic carbocycles. The third-order valence-electron chi connectivity index (χ3n) is 2.73. The van der Waals surface area contributed by atoms with Crippen LogP contribution in [0.1, 0.15) is 18.9 Å². The first-order valence-electron chi connectivity index (χ1n) is 6.01. The summed E-state index contributed by atoms with van der Waals surface area (Å²) in [7, 11) is 1.62. The van der Waals surface area contributed by atoms with Crippen LogP contribution in [0.2, 0.25) is 0 Å². The lowest BCUT2D eigenvalue weighted by Gasteiger charge is -2.08. The van der Waals surface area contributed by atoms with Crippen LogP contribution in [-0.4, -0.2) is 19.6 Å². The molecule has 0 aliphatic rings. The fourth-order valence-corrected chi connectivity index (χ4v) is 1.62. The summed E-state index contributed by atoms with van der Waals surface area (Å²) in [5.74, 6) is 0.0699. The van der Waals surface area contributed by atoms with Crippen molar-refractivity contribution in [2.45, 2.75) is 19.8 Å². The molecular weight excluding hydrogens is 228 g/mol. The van der Waals surface area contributed by atoms with Crippen molar-refractivity contribution in [1.82, 2.24) is 5.32 Å². The van der Waals surface area contributed by atoms with E-state index < -0.39 is 5.92 Å². The van der Waals surface area contributed by atoms with E-state index >= 15 is 0 Å². The molecule has 1 atom stereocenters. The van der Waals surface area contributed by atoms with Crippen LogP contribution in [0.25, 0.3) is 0 Å². The summed E-state index contributed by atoms with van der Waals surface area (Å²) in [6.45, 7) is 2.36. The summed E-state index contributed by atoms with van der Waals surface area (Å²) in [5, 5.41) is 11.5. The minimum absolute atomic E-state index is 0.192. The second-order valence-electron chi connectivity index (χ2n) is 3.98. The number of methoxy groups -OCH3 is 1. The largest absolute Gasteiger partial charge is 0.497 e. The molecule has 0 fully saturated rings. The number of carbonyl (C=O) groups is 1. The van der Waals surface area contributed by atoms with E-state index in [2.05, 4.69) is 5.32 Å². The molecule has 1 unspecified atom stereocenters. The fourth-order valence-electron chi connectivity index (χ4n) is 1.62. The molecule has 0 bridgehead atoms. The van der Waals surface area contributed by atoms with Crippen LogP contribution in [0.5, 0.6) is 5.75 Å². The Morgan fingerprint density at radius 2 is 2.33 bits per heavy atom. The second-order valence-corrected chi connectivity index (χ2v) is 3.98. The number of hydrogen-bond donors (Lipinski definition) is 1. The molecule has 4 heteroatoms. The number of ether oxygens (including phenoxy) is 1. The van der Waals surface area contributed by atoms with E-state index in [9.17, 15) is 4.79 Å². The van der Waals surface area contributed by atoms with Crippen LogP contribution in [0, 0.1) is 17.2 Å². The summed E-state index contributed by atoms with van der Waals surface area (Å²) in [4.78, 5) is 11.6. The van der Waals surface area contributed by atoms with Crippen molar-refractivity contribution < 1.29 is 9.53 Å². The SMILES string of the molecule is CCC(C#N)C(=O)NCCc1cccc(OC)c1. The molecule has 0 aliphatic carbocycles. The van der Waals surface area contributed by atoms with Gasteiger partial charge in [-0.15, -0.1) is 0 Å². The lowest BCUT2D eigenvalue weighted by atomic mass is 10.1. The summed E-state index contributed by atoms with van der Waals surface area (Å²) in [6.07, 6.45) is 1.27. The molecule has 1 amide bonds. The van der Waals surface area contributed by atoms with Gasteiger partial charge in [-0.1, -0.05) is 19.1 Å². The Bertz CT molecular complexity index is 438. The van der Waals surface area contributed by atoms with Crippen LogP contribution < -0.4 is 10.1 Å². The molecule has 96 valence electrons. The van der Waals surface area contributed by atoms with Crippen LogP contribution >= 0.6 is 0 Å². The molecule has 0 spiro atoms. The minimum atomic E-state index is -0.546. The van der Waals surface area contributed by atoms with Gasteiger partial charge < -0.3 is 10.1 Å². The quantitative estimate of drug-likeness (QED) is 0.834. The normalized spacial score (nSPS) is 11.4. The zero-order valence-electron chi connectivity index (χ0n) is 10.8. The average molecular weight is 246 g/mol. The summed E-state index contributed by atoms with van der Waals surface area (Å²) in [6, 6.07) is 9.70. The Kier molecular flexibility index (Phi) is 5.72. The van der Waals surface area contributed by atoms with E-state index in [1.807, 2.05) is 37.3 Å². The number of benzene rings is 1. The van der Waals surface area contributed by atoms with Crippen molar-refractivity contribution in [3.8, 4) is 11.8 Å². The van der Waals surface area contributed by atoms with Gasteiger partial charge in [0.1, 0.15) is 11.7 Å². The molecular formula is C14H18N2O2. The zero-order valence-corrected chi connectivity index (χ0v) is 10.8. The van der Waals surface area contributed by atoms with Crippen molar-refractivity contribution in [3.63, 3.8) is 0 Å². The van der Waals surface area contributed by atoms with Crippen molar-refractivity contribution in [2.24, 2.45) is 5.92 Å². The van der Waals surface area contributed by atoms with E-state index in [1.54, 1.807) is 7.11 Å². The predicted molar refractivity (Wildman–Crippen MR) is 69.1 cm³/mol. The van der Waals surface area contributed by atoms with E-state index in [0.717, 1.165) is 17.7 Å². The number of nitrogens with zero attached hydrogens (tertiary/aromatic N) is 1. The highest BCUT2D eigenvalue weighted by Gasteiger charge is 2.14. The van der Waals surface area contributed by atoms with Gasteiger partial charge in [0.05, 0.1) is 13.2 Å². The van der Waals surface area contributed by atoms with Gasteiger partial charge in [-0.2, -0.15) is 5.26 Å². The first-order valence-corrected chi connectivity index (χ1v) is 6.01. The van der Waals surface area contributed by atoms with Gasteiger partial charge in [-0.25, -0.2) is 0 Å². The van der Waals surface area contributed by atoms with Gasteiger partial charge in [-0.3, -0.25) is 4.79 Å². The molecule has 1 aromatic rings. The number of rotatable bonds is 6. The predicted octanol–water partition coefficient (Wildman–Crippen LogP) is 1.90. The fraction of sp³-hybridized carbons (Fsp3) is 0.429. The van der Waals surface area contributed by atoms with Gasteiger partial charge in [0.25, 0.3) is 0 Å². The number of nitrogens with one attached hydrogen (secondary N) is 1. The molecule has 18 heavy (non-hydrogen) atoms. The summed E-state index contributed by atoms with van der Waals surface area (Å²) < 4.78 is 5.12. The van der Waals surface area contributed by atoms with Gasteiger partial charge >= 0.3 is 0 Å². The van der Waals surface area contributed by atoms with Gasteiger partial charge in [0.15, 0.2) is 0 Å². The molecule has 0 aliphatic heterocycles. The Hall–Kier alpha value is -2.02. The number of amides is 1. The second kappa shape index (κ2) is 7.33. The maximum absolute atomic E-state index is 11.6. The first-order chi connectivity index (χ1) is 8.71. The molecule has 0 aromatic heterocycles. The topological polar surface area (TPSA) is 62.1 Å². The highest BCUT2D eigenvalue weighted by Crippen LogP contribution is 2.12. The van der Waals surface area contributed by atoms with Crippen molar-refractivity contribution in [2.75, 3.05) is 13.7 Å². The van der Waals surface area contributed by atoms with Gasteiger partial charge in [0.2, 0.25) is 5.91 Å². The lowest BCUT2D eigenvalue weighted by molar-refractivity contribution is -0.123. The Labute approximate surface area is 108 Å². The third-order valence-corrected chi connectivity index (χ3v) is 2.73. The maximum atomic E-state index is 11.6. The highest BCUT2D eigenvalue weighted by atomic mass is 16.5. The standard InChI is InChI=1S/C14H18N2O2/c1-3-12(10-15)14(17)16-8-7-11-5-4-6-13(9-11)18-2/h4-6,9,12H,3,7-8H2,1-2H3,(H,16,17). The monoisotopic (exact) mass is 246 g/mol. The molecule has 0 saturated heterocycles. The Balaban J connectivity index is 2.42. The molecule has 0 saturated carbocycles. The van der Waals surface area contributed by atoms with Crippen LogP contribution in [0.3, 0.4) is 0 Å². The van der Waals surface area contributed by atoms with E-state index in [4.69, 9.17) is 10.00 Å². The van der Waals surface area contributed by atoms with E-state index in [-0.39, 0.29) is 5.91 Å². The van der Waals surface area contributed by atoms with E-state index in [0.29, 0.717) is 13.0 Å². The molecule has 1 N–H and O–H groups in total. The number of nitriles is 1. The van der Waals surface area contributed by atoms with Crippen LogP contribution in [0.4, 0.5) is 0 Å². The van der Waals surface area contributed by atoms with Crippen molar-refractivity contribution in [3.05, 3.63) is 29.8 Å². The molecule has 1 rings (SSSR count). The highest BCUT2D eigenvalue weighted by molar-refractivity contribution is 5.80. The maximum Gasteiger partial charge on any atom is 0.237 e. The average Bonchev–Trinajstić information content (AvgIpc) is 2.40. The van der Waals surface area contributed by atoms with Gasteiger partial charge in [0, 0.05) is 6.54 Å². The first kappa shape index (κ1) is 14.0. The molecule has 0 heterocycles. The summed E-state index contributed by atoms with van der Waals surface area (Å²) in [5.41, 5.74) is 1.10. The zero-order chi connectivity index (χ0) is 13.4. The number of hydrogen-bond acceptors (Lipinski definition) is 3. The Morgan fingerprint density at radius 1 is 1.56 bits per heavy atom. The molecule has 4 nitrogen and oxygen atoms in total. The van der Waals surface area contributed by atoms with E-state index in [1.165, 1.54) is 0 Å². The Morgan fingerprint density at radius 3 is 2.94 bits per heavy atom. The van der Waals surface area contributed by atoms with Crippen LogP contribution in [0.15, 0.2) is 24.3 Å². The number of carbonyl (C=O) groups excluding carboxylic acids is 1. The van der Waals surface area contributed by atoms with Gasteiger partial charge in [-0.05, 0) is 30.5 Å². The summed E-state index contributed by atoms with van der Waals surface area (Å²) >= 11 is 0.